The van der Waals surface area contributed by atoms with Gasteiger partial charge in [0.2, 0.25) is 0 Å². The molecule has 2 bridgehead atoms. The van der Waals surface area contributed by atoms with Crippen LogP contribution in [0.2, 0.25) is 0 Å². The standard InChI is InChI=1S/C19H25N3OS/c1-18(2)9-14-10-19(3,11-18)12-21(14)13-22-17(23)7-6-15(20-22)16-5-4-8-24-16/h4-8,14H,9-13H2,1-3H3/t14-,19+/m0/s1. The SMILES string of the molecule is CC1(C)C[C@H]2C[C@@](C)(CN2Cn2nc(-c3cccs3)ccc2=O)C1. The molecule has 1 saturated heterocycles. The molecule has 24 heavy (non-hydrogen) atoms. The number of nitrogens with zero attached hydrogens (tertiary/aromatic N) is 3. The van der Waals surface area contributed by atoms with Crippen LogP contribution in [0.15, 0.2) is 34.4 Å². The van der Waals surface area contributed by atoms with Gasteiger partial charge in [0, 0.05) is 18.7 Å². The van der Waals surface area contributed by atoms with Gasteiger partial charge in [-0.2, -0.15) is 5.10 Å². The van der Waals surface area contributed by atoms with Crippen LogP contribution in [-0.4, -0.2) is 27.3 Å². The zero-order valence-corrected chi connectivity index (χ0v) is 15.5. The number of hydrogen-bond acceptors (Lipinski definition) is 4. The van der Waals surface area contributed by atoms with Crippen molar-refractivity contribution in [3.8, 4) is 10.6 Å². The molecule has 4 nitrogen and oxygen atoms in total. The summed E-state index contributed by atoms with van der Waals surface area (Å²) >= 11 is 1.66. The van der Waals surface area contributed by atoms with E-state index < -0.39 is 0 Å². The van der Waals surface area contributed by atoms with E-state index >= 15 is 0 Å². The molecule has 0 radical (unpaired) electrons. The highest BCUT2D eigenvalue weighted by Gasteiger charge is 2.49. The summed E-state index contributed by atoms with van der Waals surface area (Å²) in [6.45, 7) is 8.83. The summed E-state index contributed by atoms with van der Waals surface area (Å²) < 4.78 is 1.64. The van der Waals surface area contributed by atoms with Gasteiger partial charge in [0.1, 0.15) is 5.69 Å². The van der Waals surface area contributed by atoms with Crippen LogP contribution in [-0.2, 0) is 6.67 Å². The van der Waals surface area contributed by atoms with Gasteiger partial charge < -0.3 is 0 Å². The molecule has 2 aromatic heterocycles. The van der Waals surface area contributed by atoms with Crippen molar-refractivity contribution < 1.29 is 0 Å². The molecule has 0 spiro atoms. The van der Waals surface area contributed by atoms with Crippen LogP contribution >= 0.6 is 11.3 Å². The predicted octanol–water partition coefficient (Wildman–Crippen LogP) is 3.83. The van der Waals surface area contributed by atoms with E-state index in [1.165, 1.54) is 19.3 Å². The van der Waals surface area contributed by atoms with Gasteiger partial charge in [-0.1, -0.05) is 26.8 Å². The molecule has 0 N–H and O–H groups in total. The van der Waals surface area contributed by atoms with Gasteiger partial charge in [-0.3, -0.25) is 9.69 Å². The van der Waals surface area contributed by atoms with Crippen LogP contribution in [0.3, 0.4) is 0 Å². The highest BCUT2D eigenvalue weighted by atomic mass is 32.1. The number of hydrogen-bond donors (Lipinski definition) is 0. The second-order valence-corrected chi connectivity index (χ2v) is 9.58. The van der Waals surface area contributed by atoms with Crippen LogP contribution in [0.1, 0.15) is 40.0 Å². The maximum atomic E-state index is 12.3. The Hall–Kier alpha value is -1.46. The summed E-state index contributed by atoms with van der Waals surface area (Å²) in [4.78, 5) is 15.9. The fourth-order valence-electron chi connectivity index (χ4n) is 5.02. The first-order valence-electron chi connectivity index (χ1n) is 8.70. The molecule has 1 aliphatic heterocycles. The van der Waals surface area contributed by atoms with E-state index in [-0.39, 0.29) is 5.56 Å². The molecule has 0 aromatic carbocycles. The molecular formula is C19H25N3OS. The van der Waals surface area contributed by atoms with Crippen molar-refractivity contribution >= 4 is 11.3 Å². The molecule has 1 aliphatic carbocycles. The molecule has 4 rings (SSSR count). The van der Waals surface area contributed by atoms with E-state index in [1.807, 2.05) is 23.6 Å². The lowest BCUT2D eigenvalue weighted by Gasteiger charge is -2.39. The molecular weight excluding hydrogens is 318 g/mol. The van der Waals surface area contributed by atoms with Crippen molar-refractivity contribution in [2.75, 3.05) is 6.54 Å². The molecule has 1 saturated carbocycles. The van der Waals surface area contributed by atoms with E-state index in [2.05, 4.69) is 30.8 Å². The Kier molecular flexibility index (Phi) is 3.69. The molecule has 2 fully saturated rings. The van der Waals surface area contributed by atoms with Gasteiger partial charge >= 0.3 is 0 Å². The quantitative estimate of drug-likeness (QED) is 0.850. The maximum absolute atomic E-state index is 12.3. The number of thiophene rings is 1. The highest BCUT2D eigenvalue weighted by Crippen LogP contribution is 2.52. The molecule has 0 amide bonds. The largest absolute Gasteiger partial charge is 0.281 e. The van der Waals surface area contributed by atoms with E-state index in [9.17, 15) is 4.79 Å². The normalized spacial score (nSPS) is 29.0. The van der Waals surface area contributed by atoms with Gasteiger partial charge in [-0.05, 0) is 47.6 Å². The molecule has 5 heteroatoms. The number of rotatable bonds is 3. The van der Waals surface area contributed by atoms with Crippen LogP contribution in [0, 0.1) is 10.8 Å². The summed E-state index contributed by atoms with van der Waals surface area (Å²) in [5.74, 6) is 0. The van der Waals surface area contributed by atoms with Crippen molar-refractivity contribution in [2.45, 2.75) is 52.7 Å². The van der Waals surface area contributed by atoms with Crippen LogP contribution < -0.4 is 5.56 Å². The van der Waals surface area contributed by atoms with Crippen LogP contribution in [0.25, 0.3) is 10.6 Å². The van der Waals surface area contributed by atoms with Gasteiger partial charge in [-0.15, -0.1) is 11.3 Å². The van der Waals surface area contributed by atoms with Gasteiger partial charge in [0.15, 0.2) is 0 Å². The van der Waals surface area contributed by atoms with Crippen molar-refractivity contribution in [2.24, 2.45) is 10.8 Å². The number of fused-ring (bicyclic) bond motifs is 2. The third-order valence-electron chi connectivity index (χ3n) is 5.48. The molecule has 128 valence electrons. The third-order valence-corrected chi connectivity index (χ3v) is 6.37. The second-order valence-electron chi connectivity index (χ2n) is 8.64. The van der Waals surface area contributed by atoms with Crippen molar-refractivity contribution in [1.29, 1.82) is 0 Å². The Bertz CT molecular complexity index is 795. The fraction of sp³-hybridized carbons (Fsp3) is 0.579. The number of likely N-dealkylation sites (tertiary alicyclic amines) is 1. The van der Waals surface area contributed by atoms with E-state index in [0.717, 1.165) is 17.1 Å². The van der Waals surface area contributed by atoms with Gasteiger partial charge in [0.25, 0.3) is 5.56 Å². The fourth-order valence-corrected chi connectivity index (χ4v) is 5.71. The summed E-state index contributed by atoms with van der Waals surface area (Å²) in [6, 6.07) is 8.11. The third kappa shape index (κ3) is 2.95. The Morgan fingerprint density at radius 2 is 2.08 bits per heavy atom. The van der Waals surface area contributed by atoms with Crippen molar-refractivity contribution in [1.82, 2.24) is 14.7 Å². The Balaban J connectivity index is 1.60. The summed E-state index contributed by atoms with van der Waals surface area (Å²) in [7, 11) is 0. The van der Waals surface area contributed by atoms with Gasteiger partial charge in [0.05, 0.1) is 11.5 Å². The molecule has 2 aliphatic rings. The van der Waals surface area contributed by atoms with Crippen molar-refractivity contribution in [3.63, 3.8) is 0 Å². The average molecular weight is 343 g/mol. The zero-order valence-electron chi connectivity index (χ0n) is 14.7. The Morgan fingerprint density at radius 3 is 2.83 bits per heavy atom. The monoisotopic (exact) mass is 343 g/mol. The van der Waals surface area contributed by atoms with E-state index in [4.69, 9.17) is 0 Å². The highest BCUT2D eigenvalue weighted by molar-refractivity contribution is 7.13. The van der Waals surface area contributed by atoms with Crippen LogP contribution in [0.5, 0.6) is 0 Å². The lowest BCUT2D eigenvalue weighted by molar-refractivity contribution is 0.119. The minimum absolute atomic E-state index is 0.0128. The zero-order chi connectivity index (χ0) is 16.9. The minimum atomic E-state index is -0.0128. The predicted molar refractivity (Wildman–Crippen MR) is 98.0 cm³/mol. The van der Waals surface area contributed by atoms with Crippen LogP contribution in [0.4, 0.5) is 0 Å². The molecule has 0 unspecified atom stereocenters. The lowest BCUT2D eigenvalue weighted by atomic mass is 9.65. The lowest BCUT2D eigenvalue weighted by Crippen LogP contribution is -2.38. The van der Waals surface area contributed by atoms with E-state index in [0.29, 0.717) is 23.5 Å². The first kappa shape index (κ1) is 16.0. The summed E-state index contributed by atoms with van der Waals surface area (Å²) in [6.07, 6.45) is 3.72. The van der Waals surface area contributed by atoms with Gasteiger partial charge in [-0.25, -0.2) is 4.68 Å². The minimum Gasteiger partial charge on any atom is -0.281 e. The first-order chi connectivity index (χ1) is 11.3. The molecule has 2 aromatic rings. The van der Waals surface area contributed by atoms with Crippen molar-refractivity contribution in [3.05, 3.63) is 40.0 Å². The smallest absolute Gasteiger partial charge is 0.268 e. The second kappa shape index (κ2) is 5.53. The Morgan fingerprint density at radius 1 is 1.25 bits per heavy atom. The first-order valence-corrected chi connectivity index (χ1v) is 9.58. The molecule has 2 atom stereocenters. The maximum Gasteiger partial charge on any atom is 0.268 e. The Labute approximate surface area is 147 Å². The molecule has 3 heterocycles. The summed E-state index contributed by atoms with van der Waals surface area (Å²) in [5, 5.41) is 6.67. The van der Waals surface area contributed by atoms with E-state index in [1.54, 1.807) is 22.1 Å². The average Bonchev–Trinajstić information content (AvgIpc) is 3.07. The topological polar surface area (TPSA) is 38.1 Å². The number of aromatic nitrogens is 2. The summed E-state index contributed by atoms with van der Waals surface area (Å²) in [5.41, 5.74) is 1.64.